The van der Waals surface area contributed by atoms with Crippen molar-refractivity contribution < 1.29 is 0 Å². The average molecular weight is 599 g/mol. The Balaban J connectivity index is 1.23. The van der Waals surface area contributed by atoms with Gasteiger partial charge in [0.2, 0.25) is 0 Å². The van der Waals surface area contributed by atoms with Crippen molar-refractivity contribution in [2.75, 3.05) is 4.90 Å². The molecule has 0 radical (unpaired) electrons. The zero-order valence-corrected chi connectivity index (χ0v) is 25.7. The van der Waals surface area contributed by atoms with E-state index < -0.39 is 0 Å². The van der Waals surface area contributed by atoms with Gasteiger partial charge >= 0.3 is 0 Å². The van der Waals surface area contributed by atoms with E-state index in [0.717, 1.165) is 22.8 Å². The van der Waals surface area contributed by atoms with E-state index in [4.69, 9.17) is 4.98 Å². The van der Waals surface area contributed by atoms with Crippen molar-refractivity contribution in [2.24, 2.45) is 0 Å². The molecule has 0 amide bonds. The molecule has 0 atom stereocenters. The number of anilines is 3. The van der Waals surface area contributed by atoms with E-state index in [2.05, 4.69) is 187 Å². The molecule has 0 N–H and O–H groups in total. The Kier molecular flexibility index (Phi) is 6.50. The predicted octanol–water partition coefficient (Wildman–Crippen LogP) is 12.4. The van der Waals surface area contributed by atoms with Crippen molar-refractivity contribution in [2.45, 2.75) is 0 Å². The van der Waals surface area contributed by atoms with Crippen LogP contribution in [0, 0.1) is 0 Å². The number of hydrogen-bond acceptors (Lipinski definition) is 2. The molecular weight excluding hydrogens is 569 g/mol. The fourth-order valence-electron chi connectivity index (χ4n) is 7.03. The topological polar surface area (TPSA) is 16.1 Å². The maximum atomic E-state index is 5.21. The Bertz CT molecular complexity index is 2290. The summed E-state index contributed by atoms with van der Waals surface area (Å²) in [6, 6.07) is 62.9. The molecule has 7 aromatic carbocycles. The largest absolute Gasteiger partial charge is 0.295 e. The molecule has 1 heterocycles. The van der Waals surface area contributed by atoms with Gasteiger partial charge in [0.25, 0.3) is 0 Å². The summed E-state index contributed by atoms with van der Waals surface area (Å²) < 4.78 is 0. The highest BCUT2D eigenvalue weighted by Gasteiger charge is 2.24. The summed E-state index contributed by atoms with van der Waals surface area (Å²) in [5, 5.41) is 2.52. The number of nitrogens with zero attached hydrogens (tertiary/aromatic N) is 2. The van der Waals surface area contributed by atoms with E-state index in [1.165, 1.54) is 60.8 Å². The van der Waals surface area contributed by atoms with E-state index >= 15 is 0 Å². The number of benzene rings is 7. The number of rotatable bonds is 5. The van der Waals surface area contributed by atoms with Gasteiger partial charge < -0.3 is 0 Å². The van der Waals surface area contributed by atoms with Crippen LogP contribution in [0.15, 0.2) is 182 Å². The normalized spacial score (nSPS) is 11.4. The molecule has 2 nitrogen and oxygen atoms in total. The highest BCUT2D eigenvalue weighted by Crippen LogP contribution is 2.48. The van der Waals surface area contributed by atoms with Crippen molar-refractivity contribution in [3.05, 3.63) is 182 Å². The second kappa shape index (κ2) is 11.3. The van der Waals surface area contributed by atoms with Crippen LogP contribution in [0.5, 0.6) is 0 Å². The van der Waals surface area contributed by atoms with Crippen molar-refractivity contribution in [1.29, 1.82) is 0 Å². The summed E-state index contributed by atoms with van der Waals surface area (Å²) in [5.74, 6) is 0.872. The van der Waals surface area contributed by atoms with Gasteiger partial charge in [-0.25, -0.2) is 4.98 Å². The monoisotopic (exact) mass is 598 g/mol. The molecular formula is C45H30N2. The highest BCUT2D eigenvalue weighted by molar-refractivity contribution is 6.13. The van der Waals surface area contributed by atoms with Gasteiger partial charge in [-0.3, -0.25) is 4.90 Å². The average Bonchev–Trinajstić information content (AvgIpc) is 3.27. The summed E-state index contributed by atoms with van der Waals surface area (Å²) in [6.07, 6.45) is 2.07. The lowest BCUT2D eigenvalue weighted by atomic mass is 9.94. The molecule has 0 saturated heterocycles. The van der Waals surface area contributed by atoms with E-state index in [1.54, 1.807) is 0 Å². The Morgan fingerprint density at radius 1 is 0.340 bits per heavy atom. The minimum atomic E-state index is 0.872. The highest BCUT2D eigenvalue weighted by atomic mass is 15.2. The standard InChI is InChI=1S/C45H30N2/c1-3-11-31(12-4-1)33-21-25-36(26-22-33)47(37-27-23-34(24-28-37)32-13-5-2-6-14-32)44-29-42-39-18-8-7-17-38(39)40-19-9-15-35-16-10-20-41(45(35)40)43(42)30-46-44/h1-30H. The van der Waals surface area contributed by atoms with Gasteiger partial charge in [-0.15, -0.1) is 0 Å². The van der Waals surface area contributed by atoms with Crippen LogP contribution in [0.4, 0.5) is 17.2 Å². The number of fused-ring (bicyclic) bond motifs is 5. The molecule has 0 fully saturated rings. The fourth-order valence-corrected chi connectivity index (χ4v) is 7.03. The predicted molar refractivity (Wildman–Crippen MR) is 197 cm³/mol. The van der Waals surface area contributed by atoms with Gasteiger partial charge in [0.15, 0.2) is 0 Å². The van der Waals surface area contributed by atoms with Gasteiger partial charge in [0.1, 0.15) is 5.82 Å². The summed E-state index contributed by atoms with van der Waals surface area (Å²) in [5.41, 5.74) is 14.1. The minimum Gasteiger partial charge on any atom is -0.295 e. The van der Waals surface area contributed by atoms with Gasteiger partial charge in [-0.2, -0.15) is 0 Å². The molecule has 220 valence electrons. The fraction of sp³-hybridized carbons (Fsp3) is 0. The Labute approximate surface area is 274 Å². The van der Waals surface area contributed by atoms with Crippen LogP contribution in [-0.2, 0) is 0 Å². The first kappa shape index (κ1) is 27.1. The van der Waals surface area contributed by atoms with Crippen LogP contribution in [-0.4, -0.2) is 4.98 Å². The maximum absolute atomic E-state index is 5.21. The minimum absolute atomic E-state index is 0.872. The zero-order chi connectivity index (χ0) is 31.2. The van der Waals surface area contributed by atoms with E-state index in [9.17, 15) is 0 Å². The summed E-state index contributed by atoms with van der Waals surface area (Å²) in [4.78, 5) is 7.48. The third kappa shape index (κ3) is 4.70. The quantitative estimate of drug-likeness (QED) is 0.196. The van der Waals surface area contributed by atoms with Crippen LogP contribution in [0.2, 0.25) is 0 Å². The second-order valence-electron chi connectivity index (χ2n) is 12.0. The SMILES string of the molecule is c1ccc(-c2ccc(N(c3ccc(-c4ccccc4)cc3)c3cc4c(cn3)-c3cccc5cccc(c35)-c3ccccc3-4)cc2)cc1. The second-order valence-corrected chi connectivity index (χ2v) is 12.0. The molecule has 0 spiro atoms. The van der Waals surface area contributed by atoms with Crippen LogP contribution >= 0.6 is 0 Å². The van der Waals surface area contributed by atoms with Crippen LogP contribution in [0.1, 0.15) is 0 Å². The van der Waals surface area contributed by atoms with Gasteiger partial charge in [0, 0.05) is 23.1 Å². The van der Waals surface area contributed by atoms with E-state index in [1.807, 2.05) is 0 Å². The van der Waals surface area contributed by atoms with Crippen molar-refractivity contribution in [3.8, 4) is 55.6 Å². The molecule has 9 rings (SSSR count). The van der Waals surface area contributed by atoms with Crippen molar-refractivity contribution in [3.63, 3.8) is 0 Å². The first-order chi connectivity index (χ1) is 23.3. The molecule has 2 heteroatoms. The Hall–Kier alpha value is -6.25. The summed E-state index contributed by atoms with van der Waals surface area (Å²) in [7, 11) is 0. The third-order valence-electron chi connectivity index (χ3n) is 9.29. The van der Waals surface area contributed by atoms with Gasteiger partial charge in [-0.05, 0) is 91.2 Å². The number of aromatic nitrogens is 1. The lowest BCUT2D eigenvalue weighted by Gasteiger charge is -2.26. The summed E-state index contributed by atoms with van der Waals surface area (Å²) >= 11 is 0. The van der Waals surface area contributed by atoms with Crippen LogP contribution in [0.3, 0.4) is 0 Å². The number of pyridine rings is 1. The first-order valence-corrected chi connectivity index (χ1v) is 16.0. The van der Waals surface area contributed by atoms with Crippen molar-refractivity contribution in [1.82, 2.24) is 4.98 Å². The molecule has 1 aromatic heterocycles. The van der Waals surface area contributed by atoms with Crippen LogP contribution in [0.25, 0.3) is 66.4 Å². The molecule has 0 bridgehead atoms. The lowest BCUT2D eigenvalue weighted by molar-refractivity contribution is 1.18. The van der Waals surface area contributed by atoms with Crippen LogP contribution < -0.4 is 4.90 Å². The van der Waals surface area contributed by atoms with Crippen molar-refractivity contribution >= 4 is 28.0 Å². The zero-order valence-electron chi connectivity index (χ0n) is 25.7. The van der Waals surface area contributed by atoms with Gasteiger partial charge in [0.05, 0.1) is 0 Å². The number of hydrogen-bond donors (Lipinski definition) is 0. The maximum Gasteiger partial charge on any atom is 0.138 e. The molecule has 0 aliphatic heterocycles. The molecule has 47 heavy (non-hydrogen) atoms. The Morgan fingerprint density at radius 2 is 0.787 bits per heavy atom. The van der Waals surface area contributed by atoms with Gasteiger partial charge in [-0.1, -0.05) is 146 Å². The first-order valence-electron chi connectivity index (χ1n) is 16.0. The Morgan fingerprint density at radius 3 is 1.34 bits per heavy atom. The van der Waals surface area contributed by atoms with E-state index in [-0.39, 0.29) is 0 Å². The van der Waals surface area contributed by atoms with E-state index in [0.29, 0.717) is 0 Å². The lowest BCUT2D eigenvalue weighted by Crippen LogP contribution is -2.12. The molecule has 0 saturated carbocycles. The third-order valence-corrected chi connectivity index (χ3v) is 9.29. The molecule has 0 unspecified atom stereocenters. The summed E-state index contributed by atoms with van der Waals surface area (Å²) in [6.45, 7) is 0. The molecule has 8 aromatic rings. The molecule has 1 aliphatic carbocycles. The smallest absolute Gasteiger partial charge is 0.138 e. The molecule has 1 aliphatic rings.